The number of carbonyl (C=O) groups excluding carboxylic acids is 2. The molecular weight excluding hydrogens is 310 g/mol. The first-order chi connectivity index (χ1) is 11.1. The fourth-order valence-electron chi connectivity index (χ4n) is 2.84. The molecule has 0 saturated carbocycles. The highest BCUT2D eigenvalue weighted by molar-refractivity contribution is 8.13. The lowest BCUT2D eigenvalue weighted by Crippen LogP contribution is -2.25. The normalized spacial score (nSPS) is 17.7. The van der Waals surface area contributed by atoms with E-state index in [0.717, 1.165) is 17.0 Å². The zero-order chi connectivity index (χ0) is 16.2. The van der Waals surface area contributed by atoms with Crippen molar-refractivity contribution in [2.45, 2.75) is 19.9 Å². The summed E-state index contributed by atoms with van der Waals surface area (Å²) >= 11 is 1.31. The lowest BCUT2D eigenvalue weighted by Gasteiger charge is -2.19. The van der Waals surface area contributed by atoms with Crippen molar-refractivity contribution in [2.24, 2.45) is 5.92 Å². The number of nitrogens with zero attached hydrogens (tertiary/aromatic N) is 3. The van der Waals surface area contributed by atoms with Crippen molar-refractivity contribution in [1.82, 2.24) is 14.7 Å². The molecule has 6 heteroatoms. The Morgan fingerprint density at radius 2 is 2.17 bits per heavy atom. The molecule has 3 rings (SSSR count). The van der Waals surface area contributed by atoms with Crippen molar-refractivity contribution in [2.75, 3.05) is 12.3 Å². The fourth-order valence-corrected chi connectivity index (χ4v) is 3.53. The van der Waals surface area contributed by atoms with Crippen LogP contribution < -0.4 is 0 Å². The van der Waals surface area contributed by atoms with Crippen LogP contribution in [0.25, 0.3) is 5.69 Å². The summed E-state index contributed by atoms with van der Waals surface area (Å²) in [7, 11) is 0. The molecule has 1 atom stereocenters. The number of amides is 1. The van der Waals surface area contributed by atoms with Crippen molar-refractivity contribution >= 4 is 22.8 Å². The molecule has 1 aromatic heterocycles. The van der Waals surface area contributed by atoms with Crippen molar-refractivity contribution < 1.29 is 9.59 Å². The highest BCUT2D eigenvalue weighted by Crippen LogP contribution is 2.25. The molecule has 2 aromatic rings. The molecule has 0 bridgehead atoms. The van der Waals surface area contributed by atoms with E-state index in [2.05, 4.69) is 5.10 Å². The first-order valence-electron chi connectivity index (χ1n) is 7.62. The third kappa shape index (κ3) is 3.82. The third-order valence-electron chi connectivity index (χ3n) is 3.92. The van der Waals surface area contributed by atoms with Crippen LogP contribution in [-0.4, -0.2) is 38.0 Å². The molecule has 0 radical (unpaired) electrons. The molecular formula is C17H19N3O2S. The Balaban J connectivity index is 1.71. The minimum Gasteiger partial charge on any atom is -0.338 e. The Labute approximate surface area is 139 Å². The number of likely N-dealkylation sites (tertiary alicyclic amines) is 1. The van der Waals surface area contributed by atoms with Crippen LogP contribution in [0.15, 0.2) is 42.7 Å². The second kappa shape index (κ2) is 7.00. The first kappa shape index (κ1) is 15.8. The summed E-state index contributed by atoms with van der Waals surface area (Å²) in [6, 6.07) is 9.87. The first-order valence-corrected chi connectivity index (χ1v) is 8.61. The molecule has 1 saturated heterocycles. The molecule has 1 aliphatic heterocycles. The van der Waals surface area contributed by atoms with Crippen LogP contribution in [0.5, 0.6) is 0 Å². The predicted octanol–water partition coefficient (Wildman–Crippen LogP) is 2.50. The van der Waals surface area contributed by atoms with Crippen LogP contribution in [0.4, 0.5) is 0 Å². The van der Waals surface area contributed by atoms with Gasteiger partial charge in [0.2, 0.25) is 5.91 Å². The topological polar surface area (TPSA) is 55.2 Å². The second-order valence-electron chi connectivity index (χ2n) is 5.73. The molecule has 23 heavy (non-hydrogen) atoms. The Kier molecular flexibility index (Phi) is 4.81. The highest BCUT2D eigenvalue weighted by atomic mass is 32.2. The average Bonchev–Trinajstić information content (AvgIpc) is 3.16. The zero-order valence-electron chi connectivity index (χ0n) is 13.0. The van der Waals surface area contributed by atoms with Crippen LogP contribution >= 0.6 is 11.8 Å². The van der Waals surface area contributed by atoms with Gasteiger partial charge in [-0.05, 0) is 23.6 Å². The van der Waals surface area contributed by atoms with Gasteiger partial charge in [0.25, 0.3) is 0 Å². The lowest BCUT2D eigenvalue weighted by molar-refractivity contribution is -0.128. The van der Waals surface area contributed by atoms with Gasteiger partial charge in [-0.1, -0.05) is 30.0 Å². The van der Waals surface area contributed by atoms with Crippen LogP contribution in [-0.2, 0) is 16.1 Å². The van der Waals surface area contributed by atoms with Gasteiger partial charge in [0.15, 0.2) is 5.12 Å². The second-order valence-corrected chi connectivity index (χ2v) is 6.92. The van der Waals surface area contributed by atoms with E-state index in [1.807, 2.05) is 46.1 Å². The van der Waals surface area contributed by atoms with E-state index in [-0.39, 0.29) is 16.9 Å². The molecule has 1 unspecified atom stereocenters. The average molecular weight is 329 g/mol. The van der Waals surface area contributed by atoms with Crippen molar-refractivity contribution in [1.29, 1.82) is 0 Å². The number of carbonyl (C=O) groups is 2. The van der Waals surface area contributed by atoms with Gasteiger partial charge in [-0.25, -0.2) is 4.68 Å². The van der Waals surface area contributed by atoms with Gasteiger partial charge in [-0.2, -0.15) is 5.10 Å². The Hall–Kier alpha value is -2.08. The van der Waals surface area contributed by atoms with Gasteiger partial charge in [0.1, 0.15) is 0 Å². The van der Waals surface area contributed by atoms with E-state index in [4.69, 9.17) is 0 Å². The van der Waals surface area contributed by atoms with Crippen LogP contribution in [0.2, 0.25) is 0 Å². The molecule has 1 amide bonds. The summed E-state index contributed by atoms with van der Waals surface area (Å²) < 4.78 is 1.82. The number of rotatable bonds is 5. The van der Waals surface area contributed by atoms with E-state index in [9.17, 15) is 9.59 Å². The minimum atomic E-state index is 0.111. The van der Waals surface area contributed by atoms with Gasteiger partial charge in [0, 0.05) is 44.6 Å². The van der Waals surface area contributed by atoms with Crippen LogP contribution in [0.3, 0.4) is 0 Å². The number of thioether (sulfide) groups is 1. The van der Waals surface area contributed by atoms with Crippen molar-refractivity contribution in [3.63, 3.8) is 0 Å². The monoisotopic (exact) mass is 329 g/mol. The summed E-state index contributed by atoms with van der Waals surface area (Å²) in [5.74, 6) is 1.14. The van der Waals surface area contributed by atoms with Crippen molar-refractivity contribution in [3.8, 4) is 5.69 Å². The third-order valence-corrected chi connectivity index (χ3v) is 4.97. The number of para-hydroxylation sites is 1. The quantitative estimate of drug-likeness (QED) is 0.846. The van der Waals surface area contributed by atoms with Crippen LogP contribution in [0, 0.1) is 5.92 Å². The summed E-state index contributed by atoms with van der Waals surface area (Å²) in [4.78, 5) is 25.2. The standard InChI is InChI=1S/C17H19N3O2S/c1-13(21)23-12-14-9-17(22)19(10-14)11-15-5-2-3-6-16(15)20-8-4-7-18-20/h2-8,14H,9-12H2,1H3. The lowest BCUT2D eigenvalue weighted by atomic mass is 10.1. The molecule has 5 nitrogen and oxygen atoms in total. The maximum Gasteiger partial charge on any atom is 0.223 e. The Morgan fingerprint density at radius 1 is 1.35 bits per heavy atom. The molecule has 1 aromatic carbocycles. The van der Waals surface area contributed by atoms with Gasteiger partial charge in [0.05, 0.1) is 5.69 Å². The van der Waals surface area contributed by atoms with E-state index in [0.29, 0.717) is 19.5 Å². The summed E-state index contributed by atoms with van der Waals surface area (Å²) in [6.45, 7) is 2.86. The van der Waals surface area contributed by atoms with Gasteiger partial charge in [-0.15, -0.1) is 0 Å². The number of benzene rings is 1. The fraction of sp³-hybridized carbons (Fsp3) is 0.353. The zero-order valence-corrected chi connectivity index (χ0v) is 13.8. The SMILES string of the molecule is CC(=O)SCC1CC(=O)N(Cc2ccccc2-n2cccn2)C1. The minimum absolute atomic E-state index is 0.111. The summed E-state index contributed by atoms with van der Waals surface area (Å²) in [5, 5.41) is 4.39. The molecule has 2 heterocycles. The molecule has 120 valence electrons. The summed E-state index contributed by atoms with van der Waals surface area (Å²) in [5.41, 5.74) is 2.07. The molecule has 0 aliphatic carbocycles. The summed E-state index contributed by atoms with van der Waals surface area (Å²) in [6.07, 6.45) is 4.17. The van der Waals surface area contributed by atoms with E-state index >= 15 is 0 Å². The Morgan fingerprint density at radius 3 is 2.91 bits per heavy atom. The number of aromatic nitrogens is 2. The van der Waals surface area contributed by atoms with Gasteiger partial charge < -0.3 is 4.90 Å². The number of hydrogen-bond donors (Lipinski definition) is 0. The smallest absolute Gasteiger partial charge is 0.223 e. The largest absolute Gasteiger partial charge is 0.338 e. The Bertz CT molecular complexity index is 700. The van der Waals surface area contributed by atoms with Gasteiger partial charge >= 0.3 is 0 Å². The van der Waals surface area contributed by atoms with E-state index < -0.39 is 0 Å². The maximum absolute atomic E-state index is 12.2. The van der Waals surface area contributed by atoms with Crippen molar-refractivity contribution in [3.05, 3.63) is 48.3 Å². The molecule has 0 spiro atoms. The number of hydrogen-bond acceptors (Lipinski definition) is 4. The van der Waals surface area contributed by atoms with Crippen LogP contribution in [0.1, 0.15) is 18.9 Å². The molecule has 1 aliphatic rings. The maximum atomic E-state index is 12.2. The molecule has 0 N–H and O–H groups in total. The van der Waals surface area contributed by atoms with E-state index in [1.165, 1.54) is 11.8 Å². The van der Waals surface area contributed by atoms with Gasteiger partial charge in [-0.3, -0.25) is 9.59 Å². The van der Waals surface area contributed by atoms with E-state index in [1.54, 1.807) is 13.1 Å². The molecule has 1 fully saturated rings. The highest BCUT2D eigenvalue weighted by Gasteiger charge is 2.30. The predicted molar refractivity (Wildman–Crippen MR) is 90.2 cm³/mol.